The van der Waals surface area contributed by atoms with E-state index in [-0.39, 0.29) is 5.91 Å². The molecule has 0 radical (unpaired) electrons. The van der Waals surface area contributed by atoms with Gasteiger partial charge in [-0.2, -0.15) is 0 Å². The third-order valence-corrected chi connectivity index (χ3v) is 2.44. The van der Waals surface area contributed by atoms with Crippen LogP contribution < -0.4 is 0 Å². The van der Waals surface area contributed by atoms with Gasteiger partial charge in [0.25, 0.3) is 0 Å². The molecule has 12 heavy (non-hydrogen) atoms. The van der Waals surface area contributed by atoms with Crippen molar-refractivity contribution in [3.8, 4) is 0 Å². The number of nitrogens with zero attached hydrogens (tertiary/aromatic N) is 2. The molecule has 3 nitrogen and oxygen atoms in total. The predicted molar refractivity (Wildman–Crippen MR) is 48.3 cm³/mol. The van der Waals surface area contributed by atoms with Crippen molar-refractivity contribution in [3.05, 3.63) is 7.05 Å². The van der Waals surface area contributed by atoms with Gasteiger partial charge in [0.05, 0.1) is 0 Å². The average molecular weight is 169 g/mol. The predicted octanol–water partition coefficient (Wildman–Crippen LogP) is 0.578. The standard InChI is InChI=1S/C9H17N2O/c1-8(12)11(3)7-9-4-5-10(2)6-9/h9H,2,4-7H2,1,3H3/q-1/t9-/m1/s1. The van der Waals surface area contributed by atoms with Gasteiger partial charge in [0.1, 0.15) is 0 Å². The molecule has 0 aromatic rings. The Bertz CT molecular complexity index is 170. The van der Waals surface area contributed by atoms with Gasteiger partial charge in [0.15, 0.2) is 0 Å². The van der Waals surface area contributed by atoms with Crippen molar-refractivity contribution in [1.29, 1.82) is 0 Å². The van der Waals surface area contributed by atoms with Gasteiger partial charge in [-0.1, -0.05) is 0 Å². The van der Waals surface area contributed by atoms with Crippen LogP contribution in [0.15, 0.2) is 0 Å². The summed E-state index contributed by atoms with van der Waals surface area (Å²) in [6, 6.07) is 0. The molecular weight excluding hydrogens is 152 g/mol. The van der Waals surface area contributed by atoms with Crippen molar-refractivity contribution < 1.29 is 4.79 Å². The molecule has 1 aliphatic heterocycles. The Balaban J connectivity index is 2.27. The van der Waals surface area contributed by atoms with Crippen LogP contribution in [0.5, 0.6) is 0 Å². The van der Waals surface area contributed by atoms with Crippen LogP contribution in [-0.4, -0.2) is 42.4 Å². The minimum atomic E-state index is 0.150. The van der Waals surface area contributed by atoms with Crippen LogP contribution in [-0.2, 0) is 4.79 Å². The quantitative estimate of drug-likeness (QED) is 0.564. The maximum atomic E-state index is 10.9. The first kappa shape index (κ1) is 9.52. The summed E-state index contributed by atoms with van der Waals surface area (Å²) in [6.07, 6.45) is 1.17. The van der Waals surface area contributed by atoms with E-state index in [0.717, 1.165) is 19.6 Å². The molecular formula is C9H17N2O-. The van der Waals surface area contributed by atoms with Crippen LogP contribution >= 0.6 is 0 Å². The molecule has 1 rings (SSSR count). The summed E-state index contributed by atoms with van der Waals surface area (Å²) in [5.74, 6) is 0.772. The number of likely N-dealkylation sites (tertiary alicyclic amines) is 1. The number of carbonyl (C=O) groups is 1. The van der Waals surface area contributed by atoms with Gasteiger partial charge in [0, 0.05) is 20.5 Å². The average Bonchev–Trinajstić information content (AvgIpc) is 2.35. The highest BCUT2D eigenvalue weighted by Gasteiger charge is 2.18. The summed E-state index contributed by atoms with van der Waals surface area (Å²) in [4.78, 5) is 14.8. The zero-order chi connectivity index (χ0) is 9.14. The van der Waals surface area contributed by atoms with E-state index in [9.17, 15) is 4.79 Å². The van der Waals surface area contributed by atoms with Crippen LogP contribution in [0.1, 0.15) is 13.3 Å². The highest BCUT2D eigenvalue weighted by molar-refractivity contribution is 5.72. The zero-order valence-electron chi connectivity index (χ0n) is 7.92. The summed E-state index contributed by atoms with van der Waals surface area (Å²) in [7, 11) is 5.73. The lowest BCUT2D eigenvalue weighted by molar-refractivity contribution is -0.128. The second kappa shape index (κ2) is 3.90. The van der Waals surface area contributed by atoms with Crippen LogP contribution in [0.3, 0.4) is 0 Å². The van der Waals surface area contributed by atoms with E-state index in [1.54, 1.807) is 11.8 Å². The first-order valence-corrected chi connectivity index (χ1v) is 4.36. The van der Waals surface area contributed by atoms with E-state index in [2.05, 4.69) is 11.9 Å². The van der Waals surface area contributed by atoms with Crippen LogP contribution in [0, 0.1) is 13.0 Å². The topological polar surface area (TPSA) is 23.6 Å². The van der Waals surface area contributed by atoms with Crippen LogP contribution in [0.4, 0.5) is 0 Å². The Hall–Kier alpha value is -0.570. The van der Waals surface area contributed by atoms with Gasteiger partial charge in [-0.3, -0.25) is 11.8 Å². The lowest BCUT2D eigenvalue weighted by Gasteiger charge is -2.21. The molecule has 0 saturated carbocycles. The number of hydrogen-bond donors (Lipinski definition) is 0. The number of hydrogen-bond acceptors (Lipinski definition) is 2. The molecule has 0 aromatic heterocycles. The SMILES string of the molecule is [CH2-]N1CC[C@@H](CN(C)C(C)=O)C1. The lowest BCUT2D eigenvalue weighted by atomic mass is 10.1. The second-order valence-electron chi connectivity index (χ2n) is 3.63. The summed E-state index contributed by atoms with van der Waals surface area (Å²) in [5.41, 5.74) is 0. The minimum Gasteiger partial charge on any atom is -0.459 e. The largest absolute Gasteiger partial charge is 0.459 e. The molecule has 1 saturated heterocycles. The molecule has 0 unspecified atom stereocenters. The Morgan fingerprint density at radius 3 is 2.83 bits per heavy atom. The van der Waals surface area contributed by atoms with Crippen molar-refractivity contribution >= 4 is 5.91 Å². The molecule has 0 aromatic carbocycles. The van der Waals surface area contributed by atoms with Crippen molar-refractivity contribution in [1.82, 2.24) is 9.80 Å². The van der Waals surface area contributed by atoms with Crippen molar-refractivity contribution in [2.24, 2.45) is 5.92 Å². The number of amides is 1. The normalized spacial score (nSPS) is 24.4. The summed E-state index contributed by atoms with van der Waals surface area (Å²) in [6.45, 7) is 4.58. The molecule has 1 fully saturated rings. The maximum Gasteiger partial charge on any atom is 0.219 e. The summed E-state index contributed by atoms with van der Waals surface area (Å²) >= 11 is 0. The minimum absolute atomic E-state index is 0.150. The Morgan fingerprint density at radius 2 is 2.42 bits per heavy atom. The first-order valence-electron chi connectivity index (χ1n) is 4.36. The lowest BCUT2D eigenvalue weighted by Crippen LogP contribution is -2.30. The van der Waals surface area contributed by atoms with E-state index < -0.39 is 0 Å². The number of rotatable bonds is 2. The third-order valence-electron chi connectivity index (χ3n) is 2.44. The summed E-state index contributed by atoms with van der Waals surface area (Å²) < 4.78 is 0. The molecule has 0 aliphatic carbocycles. The third kappa shape index (κ3) is 2.48. The monoisotopic (exact) mass is 169 g/mol. The molecule has 0 N–H and O–H groups in total. The molecule has 1 heterocycles. The maximum absolute atomic E-state index is 10.9. The smallest absolute Gasteiger partial charge is 0.219 e. The van der Waals surface area contributed by atoms with Gasteiger partial charge < -0.3 is 9.80 Å². The van der Waals surface area contributed by atoms with Crippen molar-refractivity contribution in [2.75, 3.05) is 26.7 Å². The highest BCUT2D eigenvalue weighted by Crippen LogP contribution is 2.15. The Kier molecular flexibility index (Phi) is 3.09. The summed E-state index contributed by atoms with van der Waals surface area (Å²) in [5, 5.41) is 0. The van der Waals surface area contributed by atoms with Crippen molar-refractivity contribution in [3.63, 3.8) is 0 Å². The molecule has 0 bridgehead atoms. The molecule has 70 valence electrons. The van der Waals surface area contributed by atoms with E-state index in [0.29, 0.717) is 5.92 Å². The Labute approximate surface area is 74.3 Å². The molecule has 1 aliphatic rings. The zero-order valence-corrected chi connectivity index (χ0v) is 7.92. The molecule has 1 atom stereocenters. The van der Waals surface area contributed by atoms with Gasteiger partial charge in [-0.05, 0) is 25.4 Å². The van der Waals surface area contributed by atoms with Gasteiger partial charge >= 0.3 is 0 Å². The fraction of sp³-hybridized carbons (Fsp3) is 0.778. The Morgan fingerprint density at radius 1 is 1.75 bits per heavy atom. The van der Waals surface area contributed by atoms with Crippen molar-refractivity contribution in [2.45, 2.75) is 13.3 Å². The van der Waals surface area contributed by atoms with Crippen LogP contribution in [0.25, 0.3) is 0 Å². The molecule has 0 spiro atoms. The first-order chi connectivity index (χ1) is 5.59. The molecule has 1 amide bonds. The van der Waals surface area contributed by atoms with E-state index in [1.165, 1.54) is 6.42 Å². The molecule has 3 heteroatoms. The fourth-order valence-corrected chi connectivity index (χ4v) is 1.58. The highest BCUT2D eigenvalue weighted by atomic mass is 16.2. The van der Waals surface area contributed by atoms with Crippen LogP contribution in [0.2, 0.25) is 0 Å². The van der Waals surface area contributed by atoms with Gasteiger partial charge in [-0.25, -0.2) is 0 Å². The van der Waals surface area contributed by atoms with E-state index in [4.69, 9.17) is 0 Å². The van der Waals surface area contributed by atoms with Gasteiger partial charge in [0.2, 0.25) is 5.91 Å². The fourth-order valence-electron chi connectivity index (χ4n) is 1.58. The second-order valence-corrected chi connectivity index (χ2v) is 3.63. The van der Waals surface area contributed by atoms with E-state index >= 15 is 0 Å². The number of carbonyl (C=O) groups excluding carboxylic acids is 1. The van der Waals surface area contributed by atoms with E-state index in [1.807, 2.05) is 7.05 Å². The van der Waals surface area contributed by atoms with Gasteiger partial charge in [-0.15, -0.1) is 0 Å².